The van der Waals surface area contributed by atoms with E-state index in [1.807, 2.05) is 24.4 Å². The molecule has 0 saturated carbocycles. The maximum Gasteiger partial charge on any atom is 0.191 e. The molecule has 6 heteroatoms. The average molecular weight is 452 g/mol. The Balaban J connectivity index is 0.00000225. The molecule has 3 rings (SSSR count). The fourth-order valence-corrected chi connectivity index (χ4v) is 2.76. The third-order valence-corrected chi connectivity index (χ3v) is 3.94. The van der Waals surface area contributed by atoms with Gasteiger partial charge in [0.1, 0.15) is 11.9 Å². The second-order valence-corrected chi connectivity index (χ2v) is 5.81. The zero-order chi connectivity index (χ0) is 16.6. The highest BCUT2D eigenvalue weighted by Crippen LogP contribution is 2.28. The molecule has 0 bridgehead atoms. The van der Waals surface area contributed by atoms with Gasteiger partial charge >= 0.3 is 0 Å². The zero-order valence-corrected chi connectivity index (χ0v) is 16.8. The molecule has 2 aromatic rings. The molecule has 25 heavy (non-hydrogen) atoms. The Hall–Kier alpha value is -1.83. The monoisotopic (exact) mass is 452 g/mol. The summed E-state index contributed by atoms with van der Waals surface area (Å²) in [5.41, 5.74) is 2.49. The summed E-state index contributed by atoms with van der Waals surface area (Å²) in [5.74, 6) is 1.83. The Kier molecular flexibility index (Phi) is 7.97. The smallest absolute Gasteiger partial charge is 0.191 e. The van der Waals surface area contributed by atoms with Crippen molar-refractivity contribution in [2.24, 2.45) is 4.99 Å². The van der Waals surface area contributed by atoms with Crippen LogP contribution in [0.3, 0.4) is 0 Å². The van der Waals surface area contributed by atoms with Crippen molar-refractivity contribution < 1.29 is 4.74 Å². The van der Waals surface area contributed by atoms with E-state index in [4.69, 9.17) is 4.74 Å². The number of benzene rings is 1. The van der Waals surface area contributed by atoms with Gasteiger partial charge in [-0.3, -0.25) is 4.98 Å². The number of para-hydroxylation sites is 1. The summed E-state index contributed by atoms with van der Waals surface area (Å²) < 4.78 is 5.94. The predicted octanol–water partition coefficient (Wildman–Crippen LogP) is 2.80. The van der Waals surface area contributed by atoms with E-state index in [1.54, 1.807) is 6.20 Å². The average Bonchev–Trinajstić information content (AvgIpc) is 3.03. The topological polar surface area (TPSA) is 58.5 Å². The molecule has 1 atom stereocenters. The number of nitrogens with one attached hydrogen (secondary N) is 2. The summed E-state index contributed by atoms with van der Waals surface area (Å²) >= 11 is 0. The van der Waals surface area contributed by atoms with Crippen LogP contribution < -0.4 is 15.4 Å². The van der Waals surface area contributed by atoms with E-state index in [-0.39, 0.29) is 30.1 Å². The van der Waals surface area contributed by atoms with E-state index < -0.39 is 0 Å². The summed E-state index contributed by atoms with van der Waals surface area (Å²) in [6.07, 6.45) is 5.66. The maximum atomic E-state index is 5.94. The zero-order valence-electron chi connectivity index (χ0n) is 14.4. The van der Waals surface area contributed by atoms with E-state index in [0.717, 1.165) is 37.6 Å². The van der Waals surface area contributed by atoms with Crippen LogP contribution in [0.25, 0.3) is 0 Å². The lowest BCUT2D eigenvalue weighted by Gasteiger charge is -2.13. The highest BCUT2D eigenvalue weighted by atomic mass is 127. The van der Waals surface area contributed by atoms with Crippen molar-refractivity contribution in [3.05, 3.63) is 59.9 Å². The summed E-state index contributed by atoms with van der Waals surface area (Å²) in [5, 5.41) is 6.65. The summed E-state index contributed by atoms with van der Waals surface area (Å²) in [7, 11) is 0. The molecule has 1 aliphatic heterocycles. The van der Waals surface area contributed by atoms with Gasteiger partial charge in [0.05, 0.1) is 6.54 Å². The van der Waals surface area contributed by atoms with Crippen molar-refractivity contribution in [2.75, 3.05) is 19.6 Å². The highest BCUT2D eigenvalue weighted by Gasteiger charge is 2.21. The summed E-state index contributed by atoms with van der Waals surface area (Å²) in [6.45, 7) is 4.38. The third kappa shape index (κ3) is 5.88. The van der Waals surface area contributed by atoms with Crippen LogP contribution in [0.4, 0.5) is 0 Å². The minimum Gasteiger partial charge on any atom is -0.488 e. The highest BCUT2D eigenvalue weighted by molar-refractivity contribution is 14.0. The number of nitrogens with zero attached hydrogens (tertiary/aromatic N) is 2. The lowest BCUT2D eigenvalue weighted by molar-refractivity contribution is 0.241. The standard InChI is InChI=1S/C19H24N4O.HI/c1-2-21-19(22-11-9-15-6-5-10-20-13-15)23-14-17-12-16-7-3-4-8-18(16)24-17;/h3-8,10,13,17H,2,9,11-12,14H2,1H3,(H2,21,22,23);1H. The van der Waals surface area contributed by atoms with Gasteiger partial charge in [0.25, 0.3) is 0 Å². The van der Waals surface area contributed by atoms with Gasteiger partial charge in [0.2, 0.25) is 0 Å². The van der Waals surface area contributed by atoms with Crippen molar-refractivity contribution in [2.45, 2.75) is 25.9 Å². The second-order valence-electron chi connectivity index (χ2n) is 5.81. The fourth-order valence-electron chi connectivity index (χ4n) is 2.76. The number of aliphatic imine (C=N–C) groups is 1. The molecule has 1 aliphatic rings. The SMILES string of the molecule is CCNC(=NCC1Cc2ccccc2O1)NCCc1cccnc1.I. The minimum atomic E-state index is 0. The first-order valence-corrected chi connectivity index (χ1v) is 8.51. The van der Waals surface area contributed by atoms with Crippen LogP contribution >= 0.6 is 24.0 Å². The van der Waals surface area contributed by atoms with E-state index in [2.05, 4.69) is 45.7 Å². The Morgan fingerprint density at radius 2 is 2.12 bits per heavy atom. The van der Waals surface area contributed by atoms with Gasteiger partial charge in [-0.15, -0.1) is 24.0 Å². The molecule has 0 spiro atoms. The Morgan fingerprint density at radius 1 is 1.24 bits per heavy atom. The normalized spacial score (nSPS) is 15.7. The van der Waals surface area contributed by atoms with E-state index >= 15 is 0 Å². The van der Waals surface area contributed by atoms with Crippen LogP contribution in [0, 0.1) is 0 Å². The van der Waals surface area contributed by atoms with Gasteiger partial charge in [-0.05, 0) is 36.6 Å². The number of ether oxygens (including phenoxy) is 1. The Morgan fingerprint density at radius 3 is 2.88 bits per heavy atom. The molecule has 0 aliphatic carbocycles. The van der Waals surface area contributed by atoms with Crippen molar-refractivity contribution >= 4 is 29.9 Å². The third-order valence-electron chi connectivity index (χ3n) is 3.94. The molecule has 0 radical (unpaired) electrons. The molecule has 0 amide bonds. The van der Waals surface area contributed by atoms with Gasteiger partial charge in [-0.1, -0.05) is 24.3 Å². The van der Waals surface area contributed by atoms with Crippen molar-refractivity contribution in [1.82, 2.24) is 15.6 Å². The number of halogens is 1. The first-order valence-electron chi connectivity index (χ1n) is 8.51. The number of hydrogen-bond donors (Lipinski definition) is 2. The number of fused-ring (bicyclic) bond motifs is 1. The molecular weight excluding hydrogens is 427 g/mol. The van der Waals surface area contributed by atoms with Crippen LogP contribution in [0.5, 0.6) is 5.75 Å². The van der Waals surface area contributed by atoms with Crippen molar-refractivity contribution in [3.63, 3.8) is 0 Å². The van der Waals surface area contributed by atoms with Crippen molar-refractivity contribution in [1.29, 1.82) is 0 Å². The van der Waals surface area contributed by atoms with Gasteiger partial charge in [0, 0.05) is 31.9 Å². The number of guanidine groups is 1. The maximum absolute atomic E-state index is 5.94. The molecule has 0 fully saturated rings. The molecule has 2 heterocycles. The first-order chi connectivity index (χ1) is 11.8. The Labute approximate surface area is 166 Å². The van der Waals surface area contributed by atoms with Gasteiger partial charge in [-0.2, -0.15) is 0 Å². The molecule has 5 nitrogen and oxygen atoms in total. The largest absolute Gasteiger partial charge is 0.488 e. The number of aromatic nitrogens is 1. The molecule has 1 aromatic carbocycles. The van der Waals surface area contributed by atoms with E-state index in [9.17, 15) is 0 Å². The van der Waals surface area contributed by atoms with Crippen molar-refractivity contribution in [3.8, 4) is 5.75 Å². The predicted molar refractivity (Wildman–Crippen MR) is 112 cm³/mol. The molecule has 1 unspecified atom stereocenters. The molecule has 134 valence electrons. The van der Waals surface area contributed by atoms with E-state index in [0.29, 0.717) is 6.54 Å². The summed E-state index contributed by atoms with van der Waals surface area (Å²) in [4.78, 5) is 8.80. The van der Waals surface area contributed by atoms with Gasteiger partial charge in [-0.25, -0.2) is 4.99 Å². The van der Waals surface area contributed by atoms with Gasteiger partial charge in [0.15, 0.2) is 5.96 Å². The molecule has 2 N–H and O–H groups in total. The Bertz CT molecular complexity index is 653. The lowest BCUT2D eigenvalue weighted by atomic mass is 10.1. The van der Waals surface area contributed by atoms with E-state index in [1.165, 1.54) is 11.1 Å². The van der Waals surface area contributed by atoms with Gasteiger partial charge < -0.3 is 15.4 Å². The molecule has 0 saturated heterocycles. The molecular formula is C19H25IN4O. The number of rotatable bonds is 6. The lowest BCUT2D eigenvalue weighted by Crippen LogP contribution is -2.39. The van der Waals surface area contributed by atoms with Crippen LogP contribution in [0.15, 0.2) is 53.8 Å². The van der Waals surface area contributed by atoms with Crippen LogP contribution in [0.1, 0.15) is 18.1 Å². The minimum absolute atomic E-state index is 0. The quantitative estimate of drug-likeness (QED) is 0.402. The van der Waals surface area contributed by atoms with Crippen LogP contribution in [0.2, 0.25) is 0 Å². The summed E-state index contributed by atoms with van der Waals surface area (Å²) in [6, 6.07) is 12.3. The molecule has 1 aromatic heterocycles. The van der Waals surface area contributed by atoms with Crippen LogP contribution in [-0.4, -0.2) is 36.7 Å². The fraction of sp³-hybridized carbons (Fsp3) is 0.368. The first kappa shape index (κ1) is 19.5. The number of pyridine rings is 1. The second kappa shape index (κ2) is 10.2. The number of hydrogen-bond acceptors (Lipinski definition) is 3. The van der Waals surface area contributed by atoms with Crippen LogP contribution in [-0.2, 0) is 12.8 Å².